The van der Waals surface area contributed by atoms with Crippen molar-refractivity contribution < 1.29 is 4.74 Å². The van der Waals surface area contributed by atoms with Crippen LogP contribution in [0.5, 0.6) is 5.75 Å². The summed E-state index contributed by atoms with van der Waals surface area (Å²) >= 11 is 0. The number of H-pyrrole nitrogens is 1. The average molecular weight is 370 g/mol. The third-order valence-electron chi connectivity index (χ3n) is 5.38. The fraction of sp³-hybridized carbons (Fsp3) is 0.217. The summed E-state index contributed by atoms with van der Waals surface area (Å²) < 4.78 is 5.25. The van der Waals surface area contributed by atoms with E-state index < -0.39 is 0 Å². The van der Waals surface area contributed by atoms with Gasteiger partial charge in [0.05, 0.1) is 24.3 Å². The van der Waals surface area contributed by atoms with Crippen LogP contribution < -0.4 is 4.74 Å². The van der Waals surface area contributed by atoms with Crippen LogP contribution >= 0.6 is 0 Å². The molecule has 0 amide bonds. The summed E-state index contributed by atoms with van der Waals surface area (Å²) in [6, 6.07) is 18.5. The number of ether oxygens (including phenoxy) is 1. The second-order valence-electron chi connectivity index (χ2n) is 7.21. The van der Waals surface area contributed by atoms with E-state index in [9.17, 15) is 0 Å². The van der Waals surface area contributed by atoms with Crippen molar-refractivity contribution in [3.8, 4) is 17.1 Å². The third-order valence-corrected chi connectivity index (χ3v) is 5.38. The minimum absolute atomic E-state index is 0.747. The van der Waals surface area contributed by atoms with Gasteiger partial charge in [0.15, 0.2) is 5.82 Å². The summed E-state index contributed by atoms with van der Waals surface area (Å²) in [5.74, 6) is 1.58. The zero-order chi connectivity index (χ0) is 18.9. The monoisotopic (exact) mass is 370 g/mol. The minimum atomic E-state index is 0.747. The maximum absolute atomic E-state index is 5.25. The van der Waals surface area contributed by atoms with Gasteiger partial charge in [-0.1, -0.05) is 30.3 Å². The Kier molecular flexibility index (Phi) is 4.29. The molecule has 4 aromatic rings. The number of methoxy groups -OCH3 is 1. The maximum atomic E-state index is 5.25. The van der Waals surface area contributed by atoms with Crippen molar-refractivity contribution in [2.24, 2.45) is 0 Å². The number of rotatable bonds is 4. The molecule has 1 aliphatic heterocycles. The Morgan fingerprint density at radius 2 is 1.89 bits per heavy atom. The van der Waals surface area contributed by atoms with Crippen LogP contribution in [0.2, 0.25) is 0 Å². The zero-order valence-corrected chi connectivity index (χ0v) is 15.9. The van der Waals surface area contributed by atoms with Crippen LogP contribution in [-0.2, 0) is 19.5 Å². The smallest absolute Gasteiger partial charge is 0.159 e. The van der Waals surface area contributed by atoms with Crippen molar-refractivity contribution >= 4 is 11.0 Å². The maximum Gasteiger partial charge on any atom is 0.159 e. The molecule has 0 atom stereocenters. The molecule has 0 saturated carbocycles. The minimum Gasteiger partial charge on any atom is -0.497 e. The lowest BCUT2D eigenvalue weighted by Crippen LogP contribution is -2.29. The van der Waals surface area contributed by atoms with Gasteiger partial charge in [-0.25, -0.2) is 9.97 Å². The number of hydrogen-bond donors (Lipinski definition) is 1. The Hall–Kier alpha value is -3.18. The molecule has 0 saturated heterocycles. The van der Waals surface area contributed by atoms with E-state index in [1.165, 1.54) is 16.8 Å². The van der Waals surface area contributed by atoms with Crippen LogP contribution in [0, 0.1) is 0 Å². The van der Waals surface area contributed by atoms with Crippen LogP contribution in [0.25, 0.3) is 22.4 Å². The summed E-state index contributed by atoms with van der Waals surface area (Å²) in [7, 11) is 1.67. The lowest BCUT2D eigenvalue weighted by molar-refractivity contribution is 0.245. The summed E-state index contributed by atoms with van der Waals surface area (Å²) in [6.45, 7) is 2.92. The van der Waals surface area contributed by atoms with Crippen LogP contribution in [-0.4, -0.2) is 33.5 Å². The van der Waals surface area contributed by atoms with Crippen molar-refractivity contribution in [3.63, 3.8) is 0 Å². The Labute approximate surface area is 164 Å². The Morgan fingerprint density at radius 1 is 1.07 bits per heavy atom. The number of fused-ring (bicyclic) bond motifs is 3. The van der Waals surface area contributed by atoms with Gasteiger partial charge in [0.2, 0.25) is 0 Å². The fourth-order valence-corrected chi connectivity index (χ4v) is 3.90. The van der Waals surface area contributed by atoms with Crippen molar-refractivity contribution in [1.82, 2.24) is 19.9 Å². The van der Waals surface area contributed by atoms with Gasteiger partial charge >= 0.3 is 0 Å². The topological polar surface area (TPSA) is 54.0 Å². The van der Waals surface area contributed by atoms with E-state index in [-0.39, 0.29) is 0 Å². The second-order valence-corrected chi connectivity index (χ2v) is 7.21. The molecule has 5 rings (SSSR count). The largest absolute Gasteiger partial charge is 0.497 e. The highest BCUT2D eigenvalue weighted by molar-refractivity contribution is 5.82. The SMILES string of the molecule is COc1ccc(-c2ncc3[nH]c4c(c3n2)CN(Cc2ccccc2)CC4)cc1. The molecular formula is C23H22N4O. The number of benzene rings is 2. The van der Waals surface area contributed by atoms with Crippen LogP contribution in [0.15, 0.2) is 60.8 Å². The van der Waals surface area contributed by atoms with Gasteiger partial charge in [0.25, 0.3) is 0 Å². The molecule has 0 radical (unpaired) electrons. The standard InChI is InChI=1S/C23H22N4O/c1-28-18-9-7-17(8-10-18)23-24-13-21-22(26-23)19-15-27(12-11-20(19)25-21)14-16-5-3-2-4-6-16/h2-10,13,25H,11-12,14-15H2,1H3. The van der Waals surface area contributed by atoms with Crippen molar-refractivity contribution in [2.45, 2.75) is 19.5 Å². The molecule has 0 bridgehead atoms. The van der Waals surface area contributed by atoms with Crippen LogP contribution in [0.4, 0.5) is 0 Å². The zero-order valence-electron chi connectivity index (χ0n) is 15.9. The van der Waals surface area contributed by atoms with Gasteiger partial charge in [-0.3, -0.25) is 4.90 Å². The number of aromatic nitrogens is 3. The molecule has 1 aliphatic rings. The van der Waals surface area contributed by atoms with Gasteiger partial charge in [-0.05, 0) is 29.8 Å². The van der Waals surface area contributed by atoms with Crippen molar-refractivity contribution in [2.75, 3.05) is 13.7 Å². The molecular weight excluding hydrogens is 348 g/mol. The molecule has 0 spiro atoms. The average Bonchev–Trinajstić information content (AvgIpc) is 3.12. The van der Waals surface area contributed by atoms with E-state index in [0.29, 0.717) is 0 Å². The molecule has 5 heteroatoms. The van der Waals surface area contributed by atoms with Crippen LogP contribution in [0.1, 0.15) is 16.8 Å². The molecule has 1 N–H and O–H groups in total. The second kappa shape index (κ2) is 7.09. The highest BCUT2D eigenvalue weighted by Crippen LogP contribution is 2.29. The van der Waals surface area contributed by atoms with E-state index >= 15 is 0 Å². The Morgan fingerprint density at radius 3 is 2.68 bits per heavy atom. The molecule has 3 heterocycles. The van der Waals surface area contributed by atoms with Crippen LogP contribution in [0.3, 0.4) is 0 Å². The molecule has 2 aromatic carbocycles. The molecule has 0 aliphatic carbocycles. The number of nitrogens with one attached hydrogen (secondary N) is 1. The third kappa shape index (κ3) is 3.14. The highest BCUT2D eigenvalue weighted by Gasteiger charge is 2.22. The summed E-state index contributed by atoms with van der Waals surface area (Å²) in [5.41, 5.74) is 6.99. The summed E-state index contributed by atoms with van der Waals surface area (Å²) in [5, 5.41) is 0. The van der Waals surface area contributed by atoms with E-state index in [2.05, 4.69) is 45.2 Å². The van der Waals surface area contributed by atoms with E-state index in [1.54, 1.807) is 7.11 Å². The molecule has 28 heavy (non-hydrogen) atoms. The van der Waals surface area contributed by atoms with E-state index in [0.717, 1.165) is 54.2 Å². The molecule has 140 valence electrons. The van der Waals surface area contributed by atoms with Crippen molar-refractivity contribution in [1.29, 1.82) is 0 Å². The molecule has 0 unspecified atom stereocenters. The first-order chi connectivity index (χ1) is 13.8. The lowest BCUT2D eigenvalue weighted by Gasteiger charge is -2.26. The van der Waals surface area contributed by atoms with Gasteiger partial charge in [-0.2, -0.15) is 0 Å². The normalized spacial score (nSPS) is 14.2. The van der Waals surface area contributed by atoms with Gasteiger partial charge in [0.1, 0.15) is 5.75 Å². The van der Waals surface area contributed by atoms with Gasteiger partial charge in [-0.15, -0.1) is 0 Å². The van der Waals surface area contributed by atoms with Crippen molar-refractivity contribution in [3.05, 3.63) is 77.6 Å². The molecule has 0 fully saturated rings. The van der Waals surface area contributed by atoms with Gasteiger partial charge in [0, 0.05) is 42.9 Å². The van der Waals surface area contributed by atoms with E-state index in [1.807, 2.05) is 30.5 Å². The van der Waals surface area contributed by atoms with E-state index in [4.69, 9.17) is 9.72 Å². The predicted octanol–water partition coefficient (Wildman–Crippen LogP) is 4.19. The number of aromatic amines is 1. The summed E-state index contributed by atoms with van der Waals surface area (Å²) in [4.78, 5) is 15.5. The molecule has 5 nitrogen and oxygen atoms in total. The number of nitrogens with zero attached hydrogens (tertiary/aromatic N) is 3. The Bertz CT molecular complexity index is 1100. The quantitative estimate of drug-likeness (QED) is 0.585. The Balaban J connectivity index is 1.46. The van der Waals surface area contributed by atoms with Gasteiger partial charge < -0.3 is 9.72 Å². The summed E-state index contributed by atoms with van der Waals surface area (Å²) in [6.07, 6.45) is 2.91. The lowest BCUT2D eigenvalue weighted by atomic mass is 10.1. The first-order valence-electron chi connectivity index (χ1n) is 9.57. The highest BCUT2D eigenvalue weighted by atomic mass is 16.5. The number of hydrogen-bond acceptors (Lipinski definition) is 4. The molecule has 2 aromatic heterocycles. The first kappa shape index (κ1) is 17.0. The fourth-order valence-electron chi connectivity index (χ4n) is 3.90. The predicted molar refractivity (Wildman–Crippen MR) is 110 cm³/mol. The first-order valence-corrected chi connectivity index (χ1v) is 9.57.